The largest absolute Gasteiger partial charge is 0.479 e. The van der Waals surface area contributed by atoms with Crippen LogP contribution >= 0.6 is 0 Å². The van der Waals surface area contributed by atoms with Crippen LogP contribution in [0, 0.1) is 18.3 Å². The highest BCUT2D eigenvalue weighted by molar-refractivity contribution is 5.95. The number of aliphatic carboxylic acids is 1. The molecule has 0 bridgehead atoms. The summed E-state index contributed by atoms with van der Waals surface area (Å²) in [6, 6.07) is 3.80. The molecule has 1 fully saturated rings. The van der Waals surface area contributed by atoms with E-state index in [1.807, 2.05) is 0 Å². The molecule has 0 aliphatic carbocycles. The Morgan fingerprint density at radius 3 is 2.48 bits per heavy atom. The van der Waals surface area contributed by atoms with E-state index in [2.05, 4.69) is 21.3 Å². The number of ether oxygens (including phenoxy) is 5. The molecular weight excluding hydrogens is 591 g/mol. The Morgan fingerprint density at radius 2 is 1.82 bits per heavy atom. The van der Waals surface area contributed by atoms with Crippen molar-refractivity contribution in [3.05, 3.63) is 34.2 Å². The van der Waals surface area contributed by atoms with Crippen LogP contribution in [-0.2, 0) is 40.0 Å². The first-order valence-corrected chi connectivity index (χ1v) is 13.4. The zero-order chi connectivity index (χ0) is 32.5. The Balaban J connectivity index is 1.92. The molecule has 16 nitrogen and oxygen atoms in total. The van der Waals surface area contributed by atoms with E-state index >= 15 is 0 Å². The highest BCUT2D eigenvalue weighted by atomic mass is 19.1. The maximum Gasteiger partial charge on any atom is 0.335 e. The number of carbonyl (C=O) groups is 3. The zero-order valence-corrected chi connectivity index (χ0v) is 23.6. The van der Waals surface area contributed by atoms with E-state index in [1.54, 1.807) is 0 Å². The summed E-state index contributed by atoms with van der Waals surface area (Å²) in [6.45, 7) is -0.721. The number of alkyl halides is 1. The normalized spacial score (nSPS) is 21.8. The van der Waals surface area contributed by atoms with Crippen LogP contribution in [0.2, 0.25) is 0 Å². The molecule has 1 heterocycles. The van der Waals surface area contributed by atoms with Crippen LogP contribution in [-0.4, -0.2) is 109 Å². The molecule has 242 valence electrons. The molecule has 1 aromatic rings. The van der Waals surface area contributed by atoms with Gasteiger partial charge in [0.1, 0.15) is 44.1 Å². The number of amides is 1. The first-order valence-electron chi connectivity index (χ1n) is 13.4. The number of rotatable bonds is 20. The van der Waals surface area contributed by atoms with Crippen molar-refractivity contribution in [1.82, 2.24) is 0 Å². The van der Waals surface area contributed by atoms with Gasteiger partial charge in [-0.1, -0.05) is 5.11 Å². The Bertz CT molecular complexity index is 1190. The summed E-state index contributed by atoms with van der Waals surface area (Å²) in [7, 11) is 0. The second-order valence-corrected chi connectivity index (χ2v) is 9.41. The second-order valence-electron chi connectivity index (χ2n) is 9.41. The van der Waals surface area contributed by atoms with Crippen molar-refractivity contribution in [3.63, 3.8) is 0 Å². The first-order chi connectivity index (χ1) is 21.1. The maximum atomic E-state index is 13.9. The van der Waals surface area contributed by atoms with E-state index in [4.69, 9.17) is 35.6 Å². The molecule has 1 amide bonds. The van der Waals surface area contributed by atoms with E-state index < -0.39 is 55.2 Å². The number of nitrogens with one attached hydrogen (secondary N) is 1. The highest BCUT2D eigenvalue weighted by Crippen LogP contribution is 2.29. The van der Waals surface area contributed by atoms with Crippen LogP contribution in [0.4, 0.5) is 10.1 Å². The van der Waals surface area contributed by atoms with E-state index in [0.29, 0.717) is 0 Å². The molecule has 17 heteroatoms. The summed E-state index contributed by atoms with van der Waals surface area (Å²) in [5, 5.41) is 45.0. The van der Waals surface area contributed by atoms with Crippen LogP contribution in [0.25, 0.3) is 10.4 Å². The van der Waals surface area contributed by atoms with Crippen molar-refractivity contribution in [1.29, 1.82) is 0 Å². The molecule has 6 unspecified atom stereocenters. The van der Waals surface area contributed by atoms with Crippen molar-refractivity contribution >= 4 is 23.3 Å². The minimum Gasteiger partial charge on any atom is -0.479 e. The molecule has 5 N–H and O–H groups in total. The van der Waals surface area contributed by atoms with E-state index in [-0.39, 0.29) is 81.8 Å². The Hall–Kier alpha value is -3.85. The molecule has 44 heavy (non-hydrogen) atoms. The van der Waals surface area contributed by atoms with Crippen LogP contribution in [0.3, 0.4) is 0 Å². The number of carbonyl (C=O) groups excluding carboxylic acids is 2. The molecule has 6 atom stereocenters. The van der Waals surface area contributed by atoms with Gasteiger partial charge in [0, 0.05) is 34.9 Å². The third-order valence-corrected chi connectivity index (χ3v) is 6.23. The average Bonchev–Trinajstić information content (AvgIpc) is 3.00. The molecule has 0 radical (unpaired) electrons. The number of aliphatic hydroxyl groups excluding tert-OH is 3. The number of carboxylic acid groups (broad SMARTS) is 1. The van der Waals surface area contributed by atoms with Gasteiger partial charge in [0.25, 0.3) is 0 Å². The number of halogens is 1. The Labute approximate surface area is 251 Å². The van der Waals surface area contributed by atoms with Gasteiger partial charge in [0.2, 0.25) is 12.2 Å². The summed E-state index contributed by atoms with van der Waals surface area (Å²) in [5.74, 6) is -1.09. The van der Waals surface area contributed by atoms with Crippen LogP contribution < -0.4 is 10.1 Å². The summed E-state index contributed by atoms with van der Waals surface area (Å²) in [6.07, 6.45) is -3.78. The number of hydrogen-bond donors (Lipinski definition) is 5. The van der Waals surface area contributed by atoms with Gasteiger partial charge in [-0.25, -0.2) is 9.18 Å². The zero-order valence-electron chi connectivity index (χ0n) is 23.6. The second kappa shape index (κ2) is 19.4. The molecule has 1 aromatic carbocycles. The van der Waals surface area contributed by atoms with Crippen LogP contribution in [0.5, 0.6) is 5.75 Å². The van der Waals surface area contributed by atoms with Gasteiger partial charge < -0.3 is 49.4 Å². The van der Waals surface area contributed by atoms with Crippen molar-refractivity contribution in [2.24, 2.45) is 11.0 Å². The van der Waals surface area contributed by atoms with Crippen LogP contribution in [0.1, 0.15) is 24.8 Å². The molecule has 1 saturated heterocycles. The van der Waals surface area contributed by atoms with Crippen molar-refractivity contribution in [2.45, 2.75) is 56.6 Å². The minimum absolute atomic E-state index is 0.106. The molecule has 1 aliphatic heterocycles. The van der Waals surface area contributed by atoms with Crippen molar-refractivity contribution in [3.8, 4) is 18.1 Å². The van der Waals surface area contributed by atoms with Gasteiger partial charge in [-0.2, -0.15) is 0 Å². The molecule has 0 aromatic heterocycles. The Kier molecular flexibility index (Phi) is 16.1. The Morgan fingerprint density at radius 1 is 1.11 bits per heavy atom. The number of benzene rings is 1. The first kappa shape index (κ1) is 36.3. The van der Waals surface area contributed by atoms with Gasteiger partial charge in [-0.3, -0.25) is 9.59 Å². The number of carboxylic acids is 1. The fourth-order valence-electron chi connectivity index (χ4n) is 3.97. The van der Waals surface area contributed by atoms with Gasteiger partial charge in [-0.05, 0) is 30.2 Å². The van der Waals surface area contributed by atoms with Gasteiger partial charge in [0.15, 0.2) is 11.9 Å². The fraction of sp³-hybridized carbons (Fsp3) is 0.593. The summed E-state index contributed by atoms with van der Waals surface area (Å²) in [5.41, 5.74) is 8.17. The number of anilines is 1. The average molecular weight is 627 g/mol. The van der Waals surface area contributed by atoms with Crippen molar-refractivity contribution in [2.75, 3.05) is 45.1 Å². The van der Waals surface area contributed by atoms with E-state index in [0.717, 1.165) is 0 Å². The SMILES string of the molecule is C#CCCC(CC(=O)COCCOCCOCN=[N+]=[N-])C(=O)Nc1ccc(OC2OC(C(=O)O)C(O)C(O)C2O)c(CF)c1. The third-order valence-electron chi connectivity index (χ3n) is 6.23. The molecule has 1 aliphatic rings. The van der Waals surface area contributed by atoms with Gasteiger partial charge in [0.05, 0.1) is 26.4 Å². The maximum absolute atomic E-state index is 13.9. The van der Waals surface area contributed by atoms with Crippen molar-refractivity contribution < 1.29 is 62.9 Å². The number of aliphatic hydroxyl groups is 3. The summed E-state index contributed by atoms with van der Waals surface area (Å²) >= 11 is 0. The number of Topliss-reactive ketones (excluding diaryl/α,β-unsaturated/α-hetero) is 1. The number of hydrogen-bond acceptors (Lipinski definition) is 12. The fourth-order valence-corrected chi connectivity index (χ4v) is 3.97. The van der Waals surface area contributed by atoms with E-state index in [9.17, 15) is 39.2 Å². The molecule has 2 rings (SSSR count). The third kappa shape index (κ3) is 11.7. The quantitative estimate of drug-likeness (QED) is 0.0441. The highest BCUT2D eigenvalue weighted by Gasteiger charge is 2.48. The summed E-state index contributed by atoms with van der Waals surface area (Å²) in [4.78, 5) is 39.3. The number of ketones is 1. The standard InChI is InChI=1S/C27H35FN4O12/c1-2-3-4-16(12-19(33)14-41-9-7-40-8-10-42-15-30-32-29)25(37)31-18-5-6-20(17(11-18)13-28)43-27-23(36)21(34)22(35)24(44-27)26(38)39/h1,5-6,11,16,21-24,27,34-36H,3-4,7-10,12-15H2,(H,31,37)(H,38,39). The number of nitrogens with zero attached hydrogens (tertiary/aromatic N) is 3. The lowest BCUT2D eigenvalue weighted by Gasteiger charge is -2.38. The topological polar surface area (TPSA) is 239 Å². The van der Waals surface area contributed by atoms with Gasteiger partial charge in [-0.15, -0.1) is 12.3 Å². The monoisotopic (exact) mass is 626 g/mol. The van der Waals surface area contributed by atoms with E-state index in [1.165, 1.54) is 18.2 Å². The molecule has 0 saturated carbocycles. The van der Waals surface area contributed by atoms with Crippen LogP contribution in [0.15, 0.2) is 23.3 Å². The lowest BCUT2D eigenvalue weighted by atomic mass is 9.96. The lowest BCUT2D eigenvalue weighted by Crippen LogP contribution is -2.61. The predicted octanol–water partition coefficient (Wildman–Crippen LogP) is 0.672. The molecule has 0 spiro atoms. The lowest BCUT2D eigenvalue weighted by molar-refractivity contribution is -0.271. The number of terminal acetylenes is 1. The summed E-state index contributed by atoms with van der Waals surface area (Å²) < 4.78 is 39.9. The molecular formula is C27H35FN4O12. The minimum atomic E-state index is -1.93. The van der Waals surface area contributed by atoms with Gasteiger partial charge >= 0.3 is 5.97 Å². The number of azide groups is 1. The predicted molar refractivity (Wildman–Crippen MR) is 148 cm³/mol. The smallest absolute Gasteiger partial charge is 0.335 e.